The Morgan fingerprint density at radius 1 is 1.14 bits per heavy atom. The molecule has 2 heterocycles. The molecule has 2 aromatic carbocycles. The van der Waals surface area contributed by atoms with E-state index in [0.29, 0.717) is 48.0 Å². The summed E-state index contributed by atoms with van der Waals surface area (Å²) >= 11 is 6.44. The number of sulfonamides is 1. The molecule has 1 atom stereocenters. The number of aliphatic hydroxyl groups is 1. The van der Waals surface area contributed by atoms with Crippen molar-refractivity contribution in [2.24, 2.45) is 0 Å². The van der Waals surface area contributed by atoms with Gasteiger partial charge in [0.05, 0.1) is 32.6 Å². The van der Waals surface area contributed by atoms with Crippen LogP contribution < -0.4 is 18.7 Å². The van der Waals surface area contributed by atoms with Crippen LogP contribution in [0.2, 0.25) is 5.02 Å². The molecular weight excluding hydrogens is 621 g/mol. The Hall–Kier alpha value is -3.26. The van der Waals surface area contributed by atoms with Crippen LogP contribution in [-0.4, -0.2) is 75.4 Å². The van der Waals surface area contributed by atoms with Gasteiger partial charge < -0.3 is 19.5 Å². The predicted molar refractivity (Wildman–Crippen MR) is 161 cm³/mol. The first-order chi connectivity index (χ1) is 20.8. The van der Waals surface area contributed by atoms with Crippen molar-refractivity contribution in [3.8, 4) is 11.5 Å². The van der Waals surface area contributed by atoms with E-state index >= 15 is 8.78 Å². The second-order valence-electron chi connectivity index (χ2n) is 11.4. The number of hydrogen-bond acceptors (Lipinski definition) is 8. The Labute approximate surface area is 259 Å². The van der Waals surface area contributed by atoms with Crippen molar-refractivity contribution in [2.75, 3.05) is 43.6 Å². The van der Waals surface area contributed by atoms with E-state index in [2.05, 4.69) is 9.88 Å². The van der Waals surface area contributed by atoms with E-state index < -0.39 is 49.9 Å². The normalized spacial score (nSPS) is 21.8. The lowest BCUT2D eigenvalue weighted by atomic mass is 9.84. The van der Waals surface area contributed by atoms with Gasteiger partial charge in [0.1, 0.15) is 28.2 Å². The average Bonchev–Trinajstić information content (AvgIpc) is 3.38. The molecule has 9 nitrogen and oxygen atoms in total. The first-order valence-electron chi connectivity index (χ1n) is 14.0. The van der Waals surface area contributed by atoms with E-state index in [4.69, 9.17) is 21.1 Å². The summed E-state index contributed by atoms with van der Waals surface area (Å²) in [5.74, 6) is -3.55. The molecule has 14 heteroatoms. The Morgan fingerprint density at radius 2 is 1.86 bits per heavy atom. The Kier molecular flexibility index (Phi) is 8.96. The van der Waals surface area contributed by atoms with Gasteiger partial charge in [-0.25, -0.2) is 26.5 Å². The Morgan fingerprint density at radius 3 is 2.50 bits per heavy atom. The summed E-state index contributed by atoms with van der Waals surface area (Å²) in [7, 11) is -0.273. The van der Waals surface area contributed by atoms with E-state index in [0.717, 1.165) is 12.1 Å². The second kappa shape index (κ2) is 12.3. The fourth-order valence-corrected chi connectivity index (χ4v) is 7.70. The highest BCUT2D eigenvalue weighted by Gasteiger charge is 2.45. The highest BCUT2D eigenvalue weighted by molar-refractivity contribution is 7.92. The number of benzene rings is 2. The van der Waals surface area contributed by atoms with E-state index in [1.165, 1.54) is 38.5 Å². The molecule has 3 aromatic rings. The van der Waals surface area contributed by atoms with Crippen molar-refractivity contribution >= 4 is 33.1 Å². The summed E-state index contributed by atoms with van der Waals surface area (Å²) in [6, 6.07) is 9.17. The van der Waals surface area contributed by atoms with Crippen molar-refractivity contribution in [2.45, 2.75) is 55.3 Å². The van der Waals surface area contributed by atoms with Crippen molar-refractivity contribution in [1.29, 1.82) is 0 Å². The summed E-state index contributed by atoms with van der Waals surface area (Å²) in [6.45, 7) is 2.35. The minimum atomic E-state index is -5.05. The van der Waals surface area contributed by atoms with Gasteiger partial charge in [0.2, 0.25) is 5.95 Å². The van der Waals surface area contributed by atoms with Crippen molar-refractivity contribution in [1.82, 2.24) is 9.88 Å². The van der Waals surface area contributed by atoms with E-state index in [9.17, 15) is 17.9 Å². The molecule has 238 valence electrons. The second-order valence-corrected chi connectivity index (χ2v) is 13.6. The van der Waals surface area contributed by atoms with Crippen molar-refractivity contribution in [3.63, 3.8) is 0 Å². The minimum absolute atomic E-state index is 0.0265. The zero-order valence-electron chi connectivity index (χ0n) is 24.7. The van der Waals surface area contributed by atoms with Crippen LogP contribution in [0, 0.1) is 17.6 Å². The molecule has 2 fully saturated rings. The number of hydrogen-bond donors (Lipinski definition) is 1. The highest BCUT2D eigenvalue weighted by atomic mass is 35.5. The standard InChI is InChI=1S/C30H34ClF3N4O5S/c1-30(36(2)19-12-20(39)13-19)10-11-37(17-30)23-15-22(32)29(28(34)27(23)31)44(40,41)38(26-7-5-6-25(33)35-26)16-18-8-9-21(42-3)14-24(18)43-4/h5-9,14-15,19-20,39H,10-13,16-17H2,1-4H3. The zero-order valence-corrected chi connectivity index (χ0v) is 26.3. The maximum atomic E-state index is 16.0. The van der Waals surface area contributed by atoms with Crippen LogP contribution in [-0.2, 0) is 16.6 Å². The molecular formula is C30H34ClF3N4O5S. The molecule has 0 amide bonds. The Balaban J connectivity index is 1.52. The third kappa shape index (κ3) is 5.90. The number of pyridine rings is 1. The van der Waals surface area contributed by atoms with Crippen molar-refractivity contribution in [3.05, 3.63) is 70.6 Å². The molecule has 1 unspecified atom stereocenters. The number of ether oxygens (including phenoxy) is 2. The molecule has 0 spiro atoms. The SMILES string of the molecule is COc1ccc(CN(c2cccc(F)n2)S(=O)(=O)c2c(F)cc(N3CCC(C)(N(C)C4CC(O)C4)C3)c(Cl)c2F)c(OC)c1. The van der Waals surface area contributed by atoms with Crippen LogP contribution in [0.4, 0.5) is 24.7 Å². The van der Waals surface area contributed by atoms with Gasteiger partial charge in [-0.3, -0.25) is 4.90 Å². The van der Waals surface area contributed by atoms with Gasteiger partial charge in [-0.2, -0.15) is 4.39 Å². The first kappa shape index (κ1) is 32.1. The van der Waals surface area contributed by atoms with Gasteiger partial charge in [-0.05, 0) is 57.5 Å². The summed E-state index contributed by atoms with van der Waals surface area (Å²) in [4.78, 5) is 6.30. The molecule has 5 rings (SSSR count). The lowest BCUT2D eigenvalue weighted by Crippen LogP contribution is -2.56. The fraction of sp³-hybridized carbons (Fsp3) is 0.433. The topological polar surface area (TPSA) is 95.4 Å². The molecule has 1 aliphatic carbocycles. The third-order valence-electron chi connectivity index (χ3n) is 8.69. The number of aromatic nitrogens is 1. The fourth-order valence-electron chi connectivity index (χ4n) is 5.86. The molecule has 1 aromatic heterocycles. The van der Waals surface area contributed by atoms with Gasteiger partial charge in [0, 0.05) is 42.4 Å². The molecule has 2 aliphatic rings. The summed E-state index contributed by atoms with van der Waals surface area (Å²) < 4.78 is 85.4. The molecule has 1 aliphatic heterocycles. The molecule has 1 saturated heterocycles. The number of anilines is 2. The maximum absolute atomic E-state index is 16.0. The van der Waals surface area contributed by atoms with Crippen molar-refractivity contribution < 1.29 is 36.2 Å². The van der Waals surface area contributed by atoms with Crippen LogP contribution in [0.5, 0.6) is 11.5 Å². The van der Waals surface area contributed by atoms with Gasteiger partial charge in [0.25, 0.3) is 10.0 Å². The van der Waals surface area contributed by atoms with Crippen LogP contribution in [0.3, 0.4) is 0 Å². The van der Waals surface area contributed by atoms with E-state index in [1.807, 2.05) is 14.0 Å². The number of likely N-dealkylation sites (N-methyl/N-ethyl adjacent to an activating group) is 1. The van der Waals surface area contributed by atoms with Gasteiger partial charge in [-0.15, -0.1) is 0 Å². The molecule has 1 saturated carbocycles. The van der Waals surface area contributed by atoms with Gasteiger partial charge in [0.15, 0.2) is 10.7 Å². The smallest absolute Gasteiger partial charge is 0.271 e. The minimum Gasteiger partial charge on any atom is -0.497 e. The van der Waals surface area contributed by atoms with Gasteiger partial charge in [-0.1, -0.05) is 17.7 Å². The van der Waals surface area contributed by atoms with Crippen LogP contribution >= 0.6 is 11.6 Å². The van der Waals surface area contributed by atoms with Gasteiger partial charge >= 0.3 is 0 Å². The monoisotopic (exact) mass is 654 g/mol. The predicted octanol–water partition coefficient (Wildman–Crippen LogP) is 4.99. The number of rotatable bonds is 10. The third-order valence-corrected chi connectivity index (χ3v) is 10.8. The molecule has 0 bridgehead atoms. The summed E-state index contributed by atoms with van der Waals surface area (Å²) in [5.41, 5.74) is -0.0344. The number of aliphatic hydroxyl groups excluding tert-OH is 1. The first-order valence-corrected chi connectivity index (χ1v) is 15.8. The molecule has 1 N–H and O–H groups in total. The highest BCUT2D eigenvalue weighted by Crippen LogP contribution is 2.42. The van der Waals surface area contributed by atoms with Crippen LogP contribution in [0.1, 0.15) is 31.7 Å². The molecule has 0 radical (unpaired) electrons. The van der Waals surface area contributed by atoms with E-state index in [1.54, 1.807) is 11.0 Å². The Bertz CT molecular complexity index is 1660. The average molecular weight is 655 g/mol. The summed E-state index contributed by atoms with van der Waals surface area (Å²) in [6.07, 6.45) is 1.64. The van der Waals surface area contributed by atoms with Crippen LogP contribution in [0.25, 0.3) is 0 Å². The largest absolute Gasteiger partial charge is 0.497 e. The van der Waals surface area contributed by atoms with Crippen LogP contribution in [0.15, 0.2) is 47.4 Å². The lowest BCUT2D eigenvalue weighted by Gasteiger charge is -2.47. The number of nitrogens with zero attached hydrogens (tertiary/aromatic N) is 4. The zero-order chi connectivity index (χ0) is 32.0. The quantitative estimate of drug-likeness (QED) is 0.242. The molecule has 44 heavy (non-hydrogen) atoms. The van der Waals surface area contributed by atoms with E-state index in [-0.39, 0.29) is 29.1 Å². The number of methoxy groups -OCH3 is 2. The summed E-state index contributed by atoms with van der Waals surface area (Å²) in [5, 5.41) is 9.19. The number of halogens is 4. The maximum Gasteiger partial charge on any atom is 0.271 e. The lowest BCUT2D eigenvalue weighted by molar-refractivity contribution is -0.0254.